The molecule has 1 saturated heterocycles. The summed E-state index contributed by atoms with van der Waals surface area (Å²) in [6.45, 7) is 7.20. The summed E-state index contributed by atoms with van der Waals surface area (Å²) in [6.07, 6.45) is 2.36. The summed E-state index contributed by atoms with van der Waals surface area (Å²) >= 11 is 0. The predicted molar refractivity (Wildman–Crippen MR) is 74.8 cm³/mol. The number of nitrogens with zero attached hydrogens (tertiary/aromatic N) is 1. The number of aromatic hydroxyl groups is 1. The van der Waals surface area contributed by atoms with E-state index in [2.05, 4.69) is 24.1 Å². The summed E-state index contributed by atoms with van der Waals surface area (Å²) in [6, 6.07) is 4.87. The molecule has 2 unspecified atom stereocenters. The van der Waals surface area contributed by atoms with Crippen LogP contribution in [-0.4, -0.2) is 35.7 Å². The molecular weight excluding hydrogens is 243 g/mol. The maximum Gasteiger partial charge on any atom is 0.126 e. The molecule has 19 heavy (non-hydrogen) atoms. The van der Waals surface area contributed by atoms with Gasteiger partial charge in [0, 0.05) is 30.3 Å². The van der Waals surface area contributed by atoms with Gasteiger partial charge in [-0.05, 0) is 38.9 Å². The van der Waals surface area contributed by atoms with Crippen molar-refractivity contribution < 1.29 is 9.50 Å². The van der Waals surface area contributed by atoms with Crippen molar-refractivity contribution in [3.8, 4) is 5.75 Å². The first-order valence-corrected chi connectivity index (χ1v) is 7.08. The van der Waals surface area contributed by atoms with E-state index in [-0.39, 0.29) is 11.8 Å². The summed E-state index contributed by atoms with van der Waals surface area (Å²) < 4.78 is 13.1. The second-order valence-electron chi connectivity index (χ2n) is 5.21. The lowest BCUT2D eigenvalue weighted by Gasteiger charge is -2.38. The molecule has 106 valence electrons. The second-order valence-corrected chi connectivity index (χ2v) is 5.21. The molecule has 0 amide bonds. The maximum atomic E-state index is 13.1. The molecule has 2 N–H and O–H groups in total. The minimum absolute atomic E-state index is 0.0507. The molecule has 0 aliphatic carbocycles. The Morgan fingerprint density at radius 2 is 2.32 bits per heavy atom. The van der Waals surface area contributed by atoms with Gasteiger partial charge in [0.05, 0.1) is 0 Å². The Balaban J connectivity index is 2.17. The smallest absolute Gasteiger partial charge is 0.126 e. The zero-order valence-electron chi connectivity index (χ0n) is 11.7. The first-order chi connectivity index (χ1) is 9.13. The van der Waals surface area contributed by atoms with Gasteiger partial charge in [-0.2, -0.15) is 0 Å². The van der Waals surface area contributed by atoms with E-state index in [1.54, 1.807) is 6.07 Å². The van der Waals surface area contributed by atoms with Crippen LogP contribution in [0.3, 0.4) is 0 Å². The van der Waals surface area contributed by atoms with Crippen LogP contribution in [0.2, 0.25) is 0 Å². The van der Waals surface area contributed by atoms with Gasteiger partial charge in [-0.3, -0.25) is 4.90 Å². The van der Waals surface area contributed by atoms with Crippen LogP contribution in [0.15, 0.2) is 18.2 Å². The van der Waals surface area contributed by atoms with Crippen LogP contribution in [0.4, 0.5) is 4.39 Å². The number of likely N-dealkylation sites (N-methyl/N-ethyl adjacent to an activating group) is 1. The fourth-order valence-corrected chi connectivity index (χ4v) is 3.01. The average molecular weight is 266 g/mol. The van der Waals surface area contributed by atoms with Crippen LogP contribution in [0.25, 0.3) is 0 Å². The summed E-state index contributed by atoms with van der Waals surface area (Å²) in [5.74, 6) is -0.342. The van der Waals surface area contributed by atoms with Crippen molar-refractivity contribution in [1.82, 2.24) is 10.2 Å². The highest BCUT2D eigenvalue weighted by Gasteiger charge is 2.26. The Morgan fingerprint density at radius 1 is 1.53 bits per heavy atom. The van der Waals surface area contributed by atoms with E-state index < -0.39 is 5.82 Å². The van der Waals surface area contributed by atoms with Crippen molar-refractivity contribution in [2.24, 2.45) is 0 Å². The zero-order chi connectivity index (χ0) is 13.8. The van der Waals surface area contributed by atoms with Gasteiger partial charge in [-0.15, -0.1) is 0 Å². The number of hydrogen-bond acceptors (Lipinski definition) is 3. The number of rotatable bonds is 4. The Hall–Kier alpha value is -1.13. The lowest BCUT2D eigenvalue weighted by Crippen LogP contribution is -2.46. The fourth-order valence-electron chi connectivity index (χ4n) is 3.01. The van der Waals surface area contributed by atoms with Gasteiger partial charge in [0.25, 0.3) is 0 Å². The van der Waals surface area contributed by atoms with E-state index in [1.807, 2.05) is 0 Å². The van der Waals surface area contributed by atoms with Crippen molar-refractivity contribution in [1.29, 1.82) is 0 Å². The molecule has 4 heteroatoms. The summed E-state index contributed by atoms with van der Waals surface area (Å²) in [5, 5.41) is 13.3. The molecule has 1 aromatic carbocycles. The van der Waals surface area contributed by atoms with E-state index in [0.29, 0.717) is 6.04 Å². The van der Waals surface area contributed by atoms with Crippen LogP contribution in [0.1, 0.15) is 38.3 Å². The number of halogens is 1. The van der Waals surface area contributed by atoms with Gasteiger partial charge in [0.2, 0.25) is 0 Å². The highest BCUT2D eigenvalue weighted by atomic mass is 19.1. The van der Waals surface area contributed by atoms with E-state index in [4.69, 9.17) is 0 Å². The topological polar surface area (TPSA) is 35.5 Å². The SMILES string of the molecule is CCN(C1CCCNC1)C(C)c1ccc(F)cc1O. The minimum atomic E-state index is -0.393. The van der Waals surface area contributed by atoms with Crippen molar-refractivity contribution >= 4 is 0 Å². The molecule has 0 bridgehead atoms. The standard InChI is InChI=1S/C15H23FN2O/c1-3-18(13-5-4-8-17-10-13)11(2)14-7-6-12(16)9-15(14)19/h6-7,9,11,13,17,19H,3-5,8,10H2,1-2H3. The Bertz CT molecular complexity index is 419. The third-order valence-electron chi connectivity index (χ3n) is 4.05. The van der Waals surface area contributed by atoms with Crippen LogP contribution in [0, 0.1) is 5.82 Å². The second kappa shape index (κ2) is 6.35. The quantitative estimate of drug-likeness (QED) is 0.879. The molecule has 1 heterocycles. The summed E-state index contributed by atoms with van der Waals surface area (Å²) in [4.78, 5) is 2.37. The average Bonchev–Trinajstić information content (AvgIpc) is 2.40. The van der Waals surface area contributed by atoms with Gasteiger partial charge < -0.3 is 10.4 Å². The molecule has 2 atom stereocenters. The van der Waals surface area contributed by atoms with Gasteiger partial charge >= 0.3 is 0 Å². The number of benzene rings is 1. The molecule has 1 aliphatic heterocycles. The highest BCUT2D eigenvalue weighted by Crippen LogP contribution is 2.31. The molecule has 0 aromatic heterocycles. The van der Waals surface area contributed by atoms with Crippen molar-refractivity contribution in [2.75, 3.05) is 19.6 Å². The van der Waals surface area contributed by atoms with Gasteiger partial charge in [-0.1, -0.05) is 13.0 Å². The number of piperidine rings is 1. The molecule has 1 aliphatic rings. The molecule has 0 spiro atoms. The van der Waals surface area contributed by atoms with Crippen LogP contribution in [-0.2, 0) is 0 Å². The van der Waals surface area contributed by atoms with Crippen molar-refractivity contribution in [2.45, 2.75) is 38.8 Å². The van der Waals surface area contributed by atoms with Crippen molar-refractivity contribution in [3.63, 3.8) is 0 Å². The van der Waals surface area contributed by atoms with Gasteiger partial charge in [0.15, 0.2) is 0 Å². The Kier molecular flexibility index (Phi) is 4.77. The van der Waals surface area contributed by atoms with E-state index >= 15 is 0 Å². The molecule has 3 nitrogen and oxygen atoms in total. The third kappa shape index (κ3) is 3.25. The van der Waals surface area contributed by atoms with E-state index in [9.17, 15) is 9.50 Å². The highest BCUT2D eigenvalue weighted by molar-refractivity contribution is 5.35. The molecule has 2 rings (SSSR count). The molecule has 1 fully saturated rings. The monoisotopic (exact) mass is 266 g/mol. The summed E-state index contributed by atoms with van der Waals surface area (Å²) in [5.41, 5.74) is 0.800. The van der Waals surface area contributed by atoms with Crippen LogP contribution >= 0.6 is 0 Å². The van der Waals surface area contributed by atoms with Gasteiger partial charge in [0.1, 0.15) is 11.6 Å². The molecule has 1 aromatic rings. The maximum absolute atomic E-state index is 13.1. The number of hydrogen-bond donors (Lipinski definition) is 2. The number of phenols is 1. The summed E-state index contributed by atoms with van der Waals surface area (Å²) in [7, 11) is 0. The Morgan fingerprint density at radius 3 is 2.89 bits per heavy atom. The van der Waals surface area contributed by atoms with E-state index in [1.165, 1.54) is 25.0 Å². The molecular formula is C15H23FN2O. The fraction of sp³-hybridized carbons (Fsp3) is 0.600. The lowest BCUT2D eigenvalue weighted by atomic mass is 9.99. The normalized spacial score (nSPS) is 21.6. The zero-order valence-corrected chi connectivity index (χ0v) is 11.7. The number of phenolic OH excluding ortho intramolecular Hbond substituents is 1. The van der Waals surface area contributed by atoms with Crippen LogP contribution < -0.4 is 5.32 Å². The first kappa shape index (κ1) is 14.3. The predicted octanol–water partition coefficient (Wildman–Crippen LogP) is 2.67. The van der Waals surface area contributed by atoms with Crippen molar-refractivity contribution in [3.05, 3.63) is 29.6 Å². The van der Waals surface area contributed by atoms with Gasteiger partial charge in [-0.25, -0.2) is 4.39 Å². The third-order valence-corrected chi connectivity index (χ3v) is 4.05. The Labute approximate surface area is 114 Å². The molecule has 0 radical (unpaired) electrons. The largest absolute Gasteiger partial charge is 0.508 e. The molecule has 0 saturated carbocycles. The number of nitrogens with one attached hydrogen (secondary N) is 1. The minimum Gasteiger partial charge on any atom is -0.508 e. The lowest BCUT2D eigenvalue weighted by molar-refractivity contribution is 0.126. The van der Waals surface area contributed by atoms with Crippen LogP contribution in [0.5, 0.6) is 5.75 Å². The first-order valence-electron chi connectivity index (χ1n) is 7.08. The van der Waals surface area contributed by atoms with E-state index in [0.717, 1.165) is 25.2 Å².